The molecule has 200 valence electrons. The zero-order valence-electron chi connectivity index (χ0n) is 21.1. The van der Waals surface area contributed by atoms with Crippen LogP contribution >= 0.6 is 11.3 Å². The van der Waals surface area contributed by atoms with Crippen LogP contribution in [0.5, 0.6) is 0 Å². The van der Waals surface area contributed by atoms with Gasteiger partial charge in [-0.15, -0.1) is 11.3 Å². The highest BCUT2D eigenvalue weighted by Crippen LogP contribution is 2.38. The minimum Gasteiger partial charge on any atom is -0.462 e. The van der Waals surface area contributed by atoms with Crippen molar-refractivity contribution in [1.29, 1.82) is 0 Å². The Hall–Kier alpha value is -3.90. The molecule has 2 heterocycles. The Balaban J connectivity index is 1.57. The summed E-state index contributed by atoms with van der Waals surface area (Å²) in [5, 5.41) is 3.08. The molecule has 0 bridgehead atoms. The maximum absolute atomic E-state index is 13.1. The average Bonchev–Trinajstić information content (AvgIpc) is 3.29. The molecule has 1 N–H and O–H groups in total. The molecule has 3 aromatic rings. The van der Waals surface area contributed by atoms with Gasteiger partial charge in [-0.1, -0.05) is 18.2 Å². The van der Waals surface area contributed by atoms with Gasteiger partial charge in [0.05, 0.1) is 36.4 Å². The van der Waals surface area contributed by atoms with Crippen LogP contribution in [0.3, 0.4) is 0 Å². The molecule has 0 fully saturated rings. The predicted molar refractivity (Wildman–Crippen MR) is 143 cm³/mol. The first-order valence-corrected chi connectivity index (χ1v) is 14.0. The number of fused-ring (bicyclic) bond motifs is 1. The van der Waals surface area contributed by atoms with Gasteiger partial charge in [-0.05, 0) is 55.3 Å². The summed E-state index contributed by atoms with van der Waals surface area (Å²) < 4.78 is 37.3. The van der Waals surface area contributed by atoms with E-state index in [9.17, 15) is 22.8 Å². The third kappa shape index (κ3) is 5.36. The predicted octanol–water partition coefficient (Wildman–Crippen LogP) is 4.13. The summed E-state index contributed by atoms with van der Waals surface area (Å²) in [4.78, 5) is 40.2. The lowest BCUT2D eigenvalue weighted by atomic mass is 10.0. The van der Waals surface area contributed by atoms with Crippen molar-refractivity contribution in [3.8, 4) is 0 Å². The van der Waals surface area contributed by atoms with E-state index in [1.165, 1.54) is 59.0 Å². The smallest absolute Gasteiger partial charge is 0.409 e. The van der Waals surface area contributed by atoms with Gasteiger partial charge in [-0.3, -0.25) is 9.10 Å². The van der Waals surface area contributed by atoms with Crippen LogP contribution in [-0.4, -0.2) is 58.6 Å². The number of ether oxygens (including phenoxy) is 2. The van der Waals surface area contributed by atoms with E-state index in [0.29, 0.717) is 23.7 Å². The van der Waals surface area contributed by atoms with Gasteiger partial charge in [0.15, 0.2) is 0 Å². The van der Waals surface area contributed by atoms with E-state index in [2.05, 4.69) is 5.32 Å². The van der Waals surface area contributed by atoms with Crippen LogP contribution in [0.15, 0.2) is 59.5 Å². The molecule has 0 unspecified atom stereocenters. The molecule has 4 rings (SSSR count). The van der Waals surface area contributed by atoms with Crippen molar-refractivity contribution in [2.75, 3.05) is 36.9 Å². The Bertz CT molecular complexity index is 1450. The number of sulfonamides is 1. The van der Waals surface area contributed by atoms with E-state index in [1.807, 2.05) is 0 Å². The number of esters is 1. The third-order valence-corrected chi connectivity index (χ3v) is 9.02. The molecule has 12 heteroatoms. The van der Waals surface area contributed by atoms with Crippen molar-refractivity contribution in [2.45, 2.75) is 24.8 Å². The van der Waals surface area contributed by atoms with E-state index < -0.39 is 28.0 Å². The number of carbonyl (C=O) groups excluding carboxylic acids is 3. The van der Waals surface area contributed by atoms with Gasteiger partial charge in [0.25, 0.3) is 15.9 Å². The molecule has 1 aromatic heterocycles. The molecule has 0 saturated carbocycles. The number of anilines is 2. The van der Waals surface area contributed by atoms with Crippen molar-refractivity contribution in [3.63, 3.8) is 0 Å². The van der Waals surface area contributed by atoms with Crippen molar-refractivity contribution in [1.82, 2.24) is 4.90 Å². The Morgan fingerprint density at radius 2 is 1.76 bits per heavy atom. The Labute approximate surface area is 224 Å². The molecule has 2 aromatic carbocycles. The number of amides is 2. The van der Waals surface area contributed by atoms with E-state index in [-0.39, 0.29) is 29.2 Å². The van der Waals surface area contributed by atoms with E-state index in [0.717, 1.165) is 10.4 Å². The SMILES string of the molecule is CCOC(=O)c1c(NC(=O)c2ccc(S(=O)(=O)N(C)c3ccccc3)cc2)sc2c1CCN(C(=O)OC)C2. The molecule has 0 saturated heterocycles. The molecule has 0 atom stereocenters. The van der Waals surface area contributed by atoms with Crippen molar-refractivity contribution in [3.05, 3.63) is 76.2 Å². The number of para-hydroxylation sites is 1. The molecular weight excluding hydrogens is 530 g/mol. The largest absolute Gasteiger partial charge is 0.462 e. The highest BCUT2D eigenvalue weighted by atomic mass is 32.2. The van der Waals surface area contributed by atoms with Crippen LogP contribution in [0, 0.1) is 0 Å². The molecule has 2 amide bonds. The van der Waals surface area contributed by atoms with Gasteiger partial charge in [0.2, 0.25) is 0 Å². The normalized spacial score (nSPS) is 12.9. The number of thiophene rings is 1. The number of carbonyl (C=O) groups is 3. The van der Waals surface area contributed by atoms with Gasteiger partial charge >= 0.3 is 12.1 Å². The number of nitrogens with zero attached hydrogens (tertiary/aromatic N) is 2. The first kappa shape index (κ1) is 27.1. The van der Waals surface area contributed by atoms with E-state index in [4.69, 9.17) is 9.47 Å². The lowest BCUT2D eigenvalue weighted by Gasteiger charge is -2.25. The van der Waals surface area contributed by atoms with Crippen LogP contribution in [0.25, 0.3) is 0 Å². The molecule has 1 aliphatic heterocycles. The van der Waals surface area contributed by atoms with Gasteiger partial charge < -0.3 is 19.7 Å². The first-order valence-electron chi connectivity index (χ1n) is 11.8. The fourth-order valence-corrected chi connectivity index (χ4v) is 6.53. The minimum atomic E-state index is -3.83. The van der Waals surface area contributed by atoms with Crippen LogP contribution < -0.4 is 9.62 Å². The fraction of sp³-hybridized carbons (Fsp3) is 0.269. The lowest BCUT2D eigenvalue weighted by molar-refractivity contribution is 0.0526. The van der Waals surface area contributed by atoms with Crippen molar-refractivity contribution in [2.24, 2.45) is 0 Å². The minimum absolute atomic E-state index is 0.0297. The number of rotatable bonds is 7. The van der Waals surface area contributed by atoms with Crippen LogP contribution in [0.1, 0.15) is 38.1 Å². The summed E-state index contributed by atoms with van der Waals surface area (Å²) in [6, 6.07) is 14.2. The van der Waals surface area contributed by atoms with Gasteiger partial charge in [-0.2, -0.15) is 0 Å². The summed E-state index contributed by atoms with van der Waals surface area (Å²) in [5.74, 6) is -1.07. The Morgan fingerprint density at radius 3 is 2.39 bits per heavy atom. The van der Waals surface area contributed by atoms with Gasteiger partial charge in [0, 0.05) is 24.0 Å². The monoisotopic (exact) mass is 557 g/mol. The standard InChI is InChI=1S/C26H27N3O7S2/c1-4-36-25(31)22-20-14-15-29(26(32)35-3)16-21(20)37-24(22)27-23(30)17-10-12-19(13-11-17)38(33,34)28(2)18-8-6-5-7-9-18/h5-13H,4,14-16H2,1-3H3,(H,27,30). The molecule has 1 aliphatic rings. The van der Waals surface area contributed by atoms with Crippen LogP contribution in [0.4, 0.5) is 15.5 Å². The molecular formula is C26H27N3O7S2. The average molecular weight is 558 g/mol. The Kier molecular flexibility index (Phi) is 8.02. The topological polar surface area (TPSA) is 122 Å². The van der Waals surface area contributed by atoms with Crippen LogP contribution in [-0.2, 0) is 32.5 Å². The zero-order valence-corrected chi connectivity index (χ0v) is 22.7. The quantitative estimate of drug-likeness (QED) is 0.434. The number of methoxy groups -OCH3 is 1. The Morgan fingerprint density at radius 1 is 1.08 bits per heavy atom. The second-order valence-corrected chi connectivity index (χ2v) is 11.4. The number of benzene rings is 2. The summed E-state index contributed by atoms with van der Waals surface area (Å²) in [7, 11) is -1.07. The maximum atomic E-state index is 13.1. The zero-order chi connectivity index (χ0) is 27.4. The molecule has 10 nitrogen and oxygen atoms in total. The second-order valence-electron chi connectivity index (χ2n) is 8.36. The highest BCUT2D eigenvalue weighted by molar-refractivity contribution is 7.92. The van der Waals surface area contributed by atoms with Gasteiger partial charge in [-0.25, -0.2) is 18.0 Å². The highest BCUT2D eigenvalue weighted by Gasteiger charge is 2.31. The third-order valence-electron chi connectivity index (χ3n) is 6.09. The molecule has 0 spiro atoms. The maximum Gasteiger partial charge on any atom is 0.409 e. The summed E-state index contributed by atoms with van der Waals surface area (Å²) in [5.41, 5.74) is 1.72. The van der Waals surface area contributed by atoms with Crippen molar-refractivity contribution >= 4 is 50.0 Å². The number of hydrogen-bond donors (Lipinski definition) is 1. The van der Waals surface area contributed by atoms with Crippen molar-refractivity contribution < 1.29 is 32.3 Å². The molecule has 0 radical (unpaired) electrons. The van der Waals surface area contributed by atoms with E-state index >= 15 is 0 Å². The number of nitrogens with one attached hydrogen (secondary N) is 1. The summed E-state index contributed by atoms with van der Waals surface area (Å²) in [6.45, 7) is 2.47. The van der Waals surface area contributed by atoms with Crippen LogP contribution in [0.2, 0.25) is 0 Å². The lowest BCUT2D eigenvalue weighted by Crippen LogP contribution is -2.35. The van der Waals surface area contributed by atoms with E-state index in [1.54, 1.807) is 37.3 Å². The fourth-order valence-electron chi connectivity index (χ4n) is 4.08. The molecule has 0 aliphatic carbocycles. The van der Waals surface area contributed by atoms with Gasteiger partial charge in [0.1, 0.15) is 5.00 Å². The first-order chi connectivity index (χ1) is 18.2. The summed E-state index contributed by atoms with van der Waals surface area (Å²) in [6.07, 6.45) is -0.0628. The second kappa shape index (κ2) is 11.2. The number of hydrogen-bond acceptors (Lipinski definition) is 8. The summed E-state index contributed by atoms with van der Waals surface area (Å²) >= 11 is 1.19. The molecule has 38 heavy (non-hydrogen) atoms.